The third kappa shape index (κ3) is 2.96. The molecule has 0 amide bonds. The van der Waals surface area contributed by atoms with Gasteiger partial charge in [-0.2, -0.15) is 0 Å². The van der Waals surface area contributed by atoms with Gasteiger partial charge in [-0.3, -0.25) is 0 Å². The van der Waals surface area contributed by atoms with E-state index in [0.29, 0.717) is 5.41 Å². The summed E-state index contributed by atoms with van der Waals surface area (Å²) in [5.41, 5.74) is 6.19. The highest BCUT2D eigenvalue weighted by Gasteiger charge is 2.33. The fourth-order valence-electron chi connectivity index (χ4n) is 2.57. The van der Waals surface area contributed by atoms with Crippen LogP contribution in [0.15, 0.2) is 0 Å². The van der Waals surface area contributed by atoms with Gasteiger partial charge in [-0.25, -0.2) is 0 Å². The summed E-state index contributed by atoms with van der Waals surface area (Å²) >= 11 is 0. The fraction of sp³-hybridized carbons (Fsp3) is 1.00. The molecule has 0 unspecified atom stereocenters. The molecule has 0 aromatic carbocycles. The first-order valence-electron chi connectivity index (χ1n) is 5.46. The van der Waals surface area contributed by atoms with Crippen LogP contribution in [0.1, 0.15) is 46.0 Å². The normalized spacial score (nSPS) is 35.3. The number of hydrogen-bond donors (Lipinski definition) is 2. The molecule has 2 heteroatoms. The van der Waals surface area contributed by atoms with Crippen molar-refractivity contribution >= 4 is 0 Å². The Morgan fingerprint density at radius 2 is 1.92 bits per heavy atom. The Bertz CT molecular complexity index is 148. The van der Waals surface area contributed by atoms with Crippen molar-refractivity contribution in [1.82, 2.24) is 0 Å². The van der Waals surface area contributed by atoms with Crippen molar-refractivity contribution in [3.8, 4) is 0 Å². The van der Waals surface area contributed by atoms with Crippen molar-refractivity contribution in [2.24, 2.45) is 17.1 Å². The maximum absolute atomic E-state index is 9.43. The lowest BCUT2D eigenvalue weighted by Gasteiger charge is -2.39. The van der Waals surface area contributed by atoms with Gasteiger partial charge in [0.25, 0.3) is 0 Å². The minimum Gasteiger partial charge on any atom is -0.393 e. The highest BCUT2D eigenvalue weighted by atomic mass is 16.3. The molecule has 0 bridgehead atoms. The van der Waals surface area contributed by atoms with E-state index in [-0.39, 0.29) is 6.10 Å². The zero-order chi connectivity index (χ0) is 9.90. The Labute approximate surface area is 81.5 Å². The predicted octanol–water partition coefficient (Wildman–Crippen LogP) is 1.91. The van der Waals surface area contributed by atoms with E-state index in [1.54, 1.807) is 0 Å². The Balaban J connectivity index is 2.50. The lowest BCUT2D eigenvalue weighted by Crippen LogP contribution is -2.37. The van der Waals surface area contributed by atoms with Crippen molar-refractivity contribution in [2.75, 3.05) is 6.54 Å². The minimum atomic E-state index is -0.0631. The van der Waals surface area contributed by atoms with Crippen LogP contribution in [0, 0.1) is 11.3 Å². The van der Waals surface area contributed by atoms with Crippen molar-refractivity contribution in [3.63, 3.8) is 0 Å². The average molecular weight is 185 g/mol. The number of aliphatic hydroxyl groups is 1. The first kappa shape index (κ1) is 11.0. The Kier molecular flexibility index (Phi) is 3.74. The summed E-state index contributed by atoms with van der Waals surface area (Å²) in [6.07, 6.45) is 5.28. The van der Waals surface area contributed by atoms with Crippen LogP contribution in [-0.2, 0) is 0 Å². The second-order valence-electron chi connectivity index (χ2n) is 5.03. The Morgan fingerprint density at radius 3 is 2.31 bits per heavy atom. The summed E-state index contributed by atoms with van der Waals surface area (Å²) in [5.74, 6) is 0.721. The van der Waals surface area contributed by atoms with E-state index in [1.807, 2.05) is 0 Å². The number of nitrogens with two attached hydrogens (primary N) is 1. The van der Waals surface area contributed by atoms with Crippen molar-refractivity contribution < 1.29 is 5.11 Å². The van der Waals surface area contributed by atoms with Crippen molar-refractivity contribution in [3.05, 3.63) is 0 Å². The Hall–Kier alpha value is -0.0800. The zero-order valence-corrected chi connectivity index (χ0v) is 8.92. The minimum absolute atomic E-state index is 0.0631. The number of aliphatic hydroxyl groups excluding tert-OH is 1. The lowest BCUT2D eigenvalue weighted by molar-refractivity contribution is 0.0548. The van der Waals surface area contributed by atoms with E-state index in [9.17, 15) is 5.11 Å². The third-order valence-corrected chi connectivity index (χ3v) is 3.29. The molecule has 0 spiro atoms. The maximum Gasteiger partial charge on any atom is 0.0540 e. The van der Waals surface area contributed by atoms with E-state index >= 15 is 0 Å². The molecule has 0 atom stereocenters. The molecule has 0 aromatic heterocycles. The van der Waals surface area contributed by atoms with Crippen LogP contribution >= 0.6 is 0 Å². The van der Waals surface area contributed by atoms with E-state index < -0.39 is 0 Å². The number of hydrogen-bond acceptors (Lipinski definition) is 2. The molecule has 0 aromatic rings. The quantitative estimate of drug-likeness (QED) is 0.705. The van der Waals surface area contributed by atoms with Gasteiger partial charge in [0, 0.05) is 0 Å². The molecule has 78 valence electrons. The van der Waals surface area contributed by atoms with Crippen LogP contribution in [0.25, 0.3) is 0 Å². The molecule has 0 radical (unpaired) electrons. The van der Waals surface area contributed by atoms with Crippen LogP contribution in [0.4, 0.5) is 0 Å². The highest BCUT2D eigenvalue weighted by Crippen LogP contribution is 2.40. The molecule has 1 fully saturated rings. The van der Waals surface area contributed by atoms with Gasteiger partial charge >= 0.3 is 0 Å². The molecule has 1 rings (SSSR count). The molecule has 13 heavy (non-hydrogen) atoms. The van der Waals surface area contributed by atoms with Gasteiger partial charge in [0.15, 0.2) is 0 Å². The smallest absolute Gasteiger partial charge is 0.0540 e. The SMILES string of the molecule is CC(C)CC1(CN)CCC(O)CC1. The predicted molar refractivity (Wildman–Crippen MR) is 55.4 cm³/mol. The zero-order valence-electron chi connectivity index (χ0n) is 8.92. The standard InChI is InChI=1S/C11H23NO/c1-9(2)7-11(8-12)5-3-10(13)4-6-11/h9-10,13H,3-8,12H2,1-2H3. The number of rotatable bonds is 3. The molecule has 3 N–H and O–H groups in total. The van der Waals surface area contributed by atoms with Gasteiger partial charge in [0.1, 0.15) is 0 Å². The molecule has 0 heterocycles. The molecule has 2 nitrogen and oxygen atoms in total. The second-order valence-corrected chi connectivity index (χ2v) is 5.03. The van der Waals surface area contributed by atoms with Crippen LogP contribution in [-0.4, -0.2) is 17.8 Å². The summed E-state index contributed by atoms with van der Waals surface area (Å²) in [6.45, 7) is 5.29. The molecule has 0 aliphatic heterocycles. The van der Waals surface area contributed by atoms with E-state index in [4.69, 9.17) is 5.73 Å². The van der Waals surface area contributed by atoms with Gasteiger partial charge < -0.3 is 10.8 Å². The largest absolute Gasteiger partial charge is 0.393 e. The maximum atomic E-state index is 9.43. The van der Waals surface area contributed by atoms with Gasteiger partial charge in [-0.05, 0) is 50.0 Å². The van der Waals surface area contributed by atoms with Crippen LogP contribution in [0.2, 0.25) is 0 Å². The van der Waals surface area contributed by atoms with Crippen LogP contribution < -0.4 is 5.73 Å². The molecule has 0 saturated heterocycles. The van der Waals surface area contributed by atoms with E-state index in [1.165, 1.54) is 6.42 Å². The molecule has 1 aliphatic carbocycles. The third-order valence-electron chi connectivity index (χ3n) is 3.29. The molecule has 1 saturated carbocycles. The summed E-state index contributed by atoms with van der Waals surface area (Å²) < 4.78 is 0. The van der Waals surface area contributed by atoms with Gasteiger partial charge in [-0.1, -0.05) is 13.8 Å². The Morgan fingerprint density at radius 1 is 1.38 bits per heavy atom. The van der Waals surface area contributed by atoms with E-state index in [2.05, 4.69) is 13.8 Å². The van der Waals surface area contributed by atoms with Crippen molar-refractivity contribution in [2.45, 2.75) is 52.1 Å². The van der Waals surface area contributed by atoms with Crippen LogP contribution in [0.3, 0.4) is 0 Å². The monoisotopic (exact) mass is 185 g/mol. The van der Waals surface area contributed by atoms with Gasteiger partial charge in [0.05, 0.1) is 6.10 Å². The van der Waals surface area contributed by atoms with Crippen molar-refractivity contribution in [1.29, 1.82) is 0 Å². The van der Waals surface area contributed by atoms with E-state index in [0.717, 1.165) is 38.1 Å². The molecular weight excluding hydrogens is 162 g/mol. The first-order valence-corrected chi connectivity index (χ1v) is 5.46. The summed E-state index contributed by atoms with van der Waals surface area (Å²) in [5, 5.41) is 9.43. The molecule has 1 aliphatic rings. The average Bonchev–Trinajstić information content (AvgIpc) is 2.09. The lowest BCUT2D eigenvalue weighted by atomic mass is 9.69. The topological polar surface area (TPSA) is 46.2 Å². The molecular formula is C11H23NO. The van der Waals surface area contributed by atoms with Crippen LogP contribution in [0.5, 0.6) is 0 Å². The second kappa shape index (κ2) is 4.43. The van der Waals surface area contributed by atoms with Gasteiger partial charge in [-0.15, -0.1) is 0 Å². The van der Waals surface area contributed by atoms with Gasteiger partial charge in [0.2, 0.25) is 0 Å². The summed E-state index contributed by atoms with van der Waals surface area (Å²) in [7, 11) is 0. The fourth-order valence-corrected chi connectivity index (χ4v) is 2.57. The summed E-state index contributed by atoms with van der Waals surface area (Å²) in [4.78, 5) is 0. The first-order chi connectivity index (χ1) is 6.08. The summed E-state index contributed by atoms with van der Waals surface area (Å²) in [6, 6.07) is 0. The highest BCUT2D eigenvalue weighted by molar-refractivity contribution is 4.87.